The van der Waals surface area contributed by atoms with Crippen molar-refractivity contribution in [2.24, 2.45) is 4.99 Å². The Hall–Kier alpha value is -1.91. The minimum Gasteiger partial charge on any atom is -0.482 e. The first kappa shape index (κ1) is 23.7. The van der Waals surface area contributed by atoms with Gasteiger partial charge in [-0.25, -0.2) is 8.42 Å². The minimum absolute atomic E-state index is 0.205. The Balaban J connectivity index is 1.92. The van der Waals surface area contributed by atoms with Crippen LogP contribution in [-0.2, 0) is 25.9 Å². The lowest BCUT2D eigenvalue weighted by molar-refractivity contribution is -0.120. The van der Waals surface area contributed by atoms with Crippen molar-refractivity contribution in [1.82, 2.24) is 4.57 Å². The molecule has 1 amide bonds. The molecule has 0 bridgehead atoms. The van der Waals surface area contributed by atoms with Crippen molar-refractivity contribution < 1.29 is 22.7 Å². The first-order valence-electron chi connectivity index (χ1n) is 9.25. The number of hydrogen-bond donors (Lipinski definition) is 0. The monoisotopic (exact) mass is 502 g/mol. The number of ether oxygens (including phenoxy) is 2. The largest absolute Gasteiger partial charge is 0.482 e. The quantitative estimate of drug-likeness (QED) is 0.435. The van der Waals surface area contributed by atoms with Crippen LogP contribution in [0.2, 0.25) is 10.0 Å². The highest BCUT2D eigenvalue weighted by molar-refractivity contribution is 7.90. The molecule has 0 N–H and O–H groups in total. The molecular formula is C20H20Cl2N2O5S2. The molecule has 7 nitrogen and oxygen atoms in total. The lowest BCUT2D eigenvalue weighted by Crippen LogP contribution is -2.21. The predicted molar refractivity (Wildman–Crippen MR) is 122 cm³/mol. The van der Waals surface area contributed by atoms with Gasteiger partial charge in [0.2, 0.25) is 0 Å². The molecule has 0 aliphatic heterocycles. The van der Waals surface area contributed by atoms with Crippen LogP contribution >= 0.6 is 34.5 Å². The number of hydrogen-bond acceptors (Lipinski definition) is 6. The summed E-state index contributed by atoms with van der Waals surface area (Å²) in [5.41, 5.74) is 0.769. The maximum Gasteiger partial charge on any atom is 0.286 e. The van der Waals surface area contributed by atoms with Crippen LogP contribution in [-0.4, -0.2) is 45.0 Å². The Kier molecular flexibility index (Phi) is 7.77. The summed E-state index contributed by atoms with van der Waals surface area (Å²) in [5.74, 6) is -0.181. The molecule has 31 heavy (non-hydrogen) atoms. The van der Waals surface area contributed by atoms with Gasteiger partial charge < -0.3 is 14.0 Å². The fourth-order valence-corrected chi connectivity index (χ4v) is 5.05. The summed E-state index contributed by atoms with van der Waals surface area (Å²) in [6.45, 7) is 3.02. The first-order valence-corrected chi connectivity index (χ1v) is 12.7. The third-order valence-electron chi connectivity index (χ3n) is 4.21. The van der Waals surface area contributed by atoms with Crippen LogP contribution in [0.25, 0.3) is 10.2 Å². The number of thiazole rings is 1. The van der Waals surface area contributed by atoms with E-state index in [4.69, 9.17) is 32.7 Å². The summed E-state index contributed by atoms with van der Waals surface area (Å²) in [6.07, 6.45) is 1.15. The molecule has 1 heterocycles. The predicted octanol–water partition coefficient (Wildman–Crippen LogP) is 3.96. The molecule has 0 aliphatic rings. The normalized spacial score (nSPS) is 12.5. The van der Waals surface area contributed by atoms with E-state index in [-0.39, 0.29) is 11.5 Å². The molecule has 3 rings (SSSR count). The highest BCUT2D eigenvalue weighted by Crippen LogP contribution is 2.27. The zero-order chi connectivity index (χ0) is 22.6. The van der Waals surface area contributed by atoms with Gasteiger partial charge in [0.1, 0.15) is 5.75 Å². The number of carbonyl (C=O) groups excluding carboxylic acids is 1. The average Bonchev–Trinajstić information content (AvgIpc) is 3.03. The molecule has 3 aromatic rings. The topological polar surface area (TPSA) is 87.0 Å². The Morgan fingerprint density at radius 3 is 2.65 bits per heavy atom. The second-order valence-electron chi connectivity index (χ2n) is 6.50. The lowest BCUT2D eigenvalue weighted by Gasteiger charge is -2.07. The molecule has 11 heteroatoms. The summed E-state index contributed by atoms with van der Waals surface area (Å²) in [5, 5.41) is 0.754. The Morgan fingerprint density at radius 2 is 1.97 bits per heavy atom. The van der Waals surface area contributed by atoms with Gasteiger partial charge in [-0.05, 0) is 43.3 Å². The Morgan fingerprint density at radius 1 is 1.19 bits per heavy atom. The molecule has 0 atom stereocenters. The van der Waals surface area contributed by atoms with Crippen molar-refractivity contribution in [2.45, 2.75) is 18.4 Å². The van der Waals surface area contributed by atoms with Crippen LogP contribution in [0.5, 0.6) is 5.75 Å². The lowest BCUT2D eigenvalue weighted by atomic mass is 10.3. The van der Waals surface area contributed by atoms with Crippen molar-refractivity contribution >= 4 is 60.5 Å². The fraction of sp³-hybridized carbons (Fsp3) is 0.300. The standard InChI is InChI=1S/C20H20Cl2N2O5S2/c1-3-28-9-8-24-16-6-5-14(31(2,26)27)11-18(16)30-20(24)23-19(25)12-29-17-7-4-13(21)10-15(17)22/h4-7,10-11H,3,8-9,12H2,1-2H3. The third kappa shape index (κ3) is 6.08. The molecule has 0 saturated heterocycles. The van der Waals surface area contributed by atoms with Crippen LogP contribution < -0.4 is 9.54 Å². The Bertz CT molecular complexity index is 1280. The molecule has 0 unspecified atom stereocenters. The van der Waals surface area contributed by atoms with E-state index in [2.05, 4.69) is 4.99 Å². The summed E-state index contributed by atoms with van der Waals surface area (Å²) < 4.78 is 37.2. The van der Waals surface area contributed by atoms with Gasteiger partial charge >= 0.3 is 0 Å². The van der Waals surface area contributed by atoms with Crippen molar-refractivity contribution in [3.05, 3.63) is 51.2 Å². The third-order valence-corrected chi connectivity index (χ3v) is 6.89. The van der Waals surface area contributed by atoms with Gasteiger partial charge in [-0.2, -0.15) is 4.99 Å². The molecule has 2 aromatic carbocycles. The summed E-state index contributed by atoms with van der Waals surface area (Å²) in [4.78, 5) is 17.3. The highest BCUT2D eigenvalue weighted by atomic mass is 35.5. The molecular weight excluding hydrogens is 483 g/mol. The second-order valence-corrected chi connectivity index (χ2v) is 10.4. The first-order chi connectivity index (χ1) is 14.7. The summed E-state index contributed by atoms with van der Waals surface area (Å²) in [6, 6.07) is 9.54. The zero-order valence-electron chi connectivity index (χ0n) is 16.8. The van der Waals surface area contributed by atoms with Crippen LogP contribution in [0.3, 0.4) is 0 Å². The van der Waals surface area contributed by atoms with E-state index < -0.39 is 15.7 Å². The molecule has 1 aromatic heterocycles. The number of amides is 1. The highest BCUT2D eigenvalue weighted by Gasteiger charge is 2.13. The number of carbonyl (C=O) groups is 1. The molecule has 0 fully saturated rings. The number of sulfone groups is 1. The molecule has 0 aliphatic carbocycles. The number of fused-ring (bicyclic) bond motifs is 1. The van der Waals surface area contributed by atoms with Crippen molar-refractivity contribution in [3.8, 4) is 5.75 Å². The van der Waals surface area contributed by atoms with E-state index in [0.717, 1.165) is 11.8 Å². The smallest absolute Gasteiger partial charge is 0.286 e. The van der Waals surface area contributed by atoms with Crippen LogP contribution in [0.1, 0.15) is 6.92 Å². The number of benzene rings is 2. The van der Waals surface area contributed by atoms with Crippen LogP contribution in [0, 0.1) is 0 Å². The van der Waals surface area contributed by atoms with Gasteiger partial charge in [0, 0.05) is 24.4 Å². The maximum absolute atomic E-state index is 12.5. The van der Waals surface area contributed by atoms with Gasteiger partial charge in [-0.3, -0.25) is 4.79 Å². The number of rotatable bonds is 8. The van der Waals surface area contributed by atoms with E-state index in [9.17, 15) is 13.2 Å². The van der Waals surface area contributed by atoms with E-state index in [0.29, 0.717) is 45.1 Å². The molecule has 0 spiro atoms. The average molecular weight is 503 g/mol. The molecule has 166 valence electrons. The van der Waals surface area contributed by atoms with Gasteiger partial charge in [0.15, 0.2) is 21.2 Å². The van der Waals surface area contributed by atoms with Crippen molar-refractivity contribution in [1.29, 1.82) is 0 Å². The van der Waals surface area contributed by atoms with Gasteiger partial charge in [0.05, 0.1) is 26.7 Å². The van der Waals surface area contributed by atoms with Crippen LogP contribution in [0.4, 0.5) is 0 Å². The van der Waals surface area contributed by atoms with Gasteiger partial charge in [-0.15, -0.1) is 0 Å². The van der Waals surface area contributed by atoms with Crippen molar-refractivity contribution in [3.63, 3.8) is 0 Å². The zero-order valence-corrected chi connectivity index (χ0v) is 19.9. The SMILES string of the molecule is CCOCCn1c(=NC(=O)COc2ccc(Cl)cc2Cl)sc2cc(S(C)(=O)=O)ccc21. The van der Waals surface area contributed by atoms with Gasteiger partial charge in [0.25, 0.3) is 5.91 Å². The number of nitrogens with zero attached hydrogens (tertiary/aromatic N) is 2. The van der Waals surface area contributed by atoms with Gasteiger partial charge in [-0.1, -0.05) is 34.5 Å². The van der Waals surface area contributed by atoms with E-state index in [1.54, 1.807) is 30.3 Å². The van der Waals surface area contributed by atoms with Crippen LogP contribution in [0.15, 0.2) is 46.3 Å². The summed E-state index contributed by atoms with van der Waals surface area (Å²) in [7, 11) is -3.35. The Labute approximate surface area is 193 Å². The fourth-order valence-electron chi connectivity index (χ4n) is 2.76. The van der Waals surface area contributed by atoms with Crippen molar-refractivity contribution in [2.75, 3.05) is 26.1 Å². The maximum atomic E-state index is 12.5. The van der Waals surface area contributed by atoms with E-state index >= 15 is 0 Å². The number of aromatic nitrogens is 1. The molecule has 0 saturated carbocycles. The van der Waals surface area contributed by atoms with E-state index in [1.807, 2.05) is 11.5 Å². The minimum atomic E-state index is -3.35. The van der Waals surface area contributed by atoms with E-state index in [1.165, 1.54) is 17.4 Å². The number of halogens is 2. The molecule has 0 radical (unpaired) electrons. The summed E-state index contributed by atoms with van der Waals surface area (Å²) >= 11 is 13.1. The second kappa shape index (κ2) is 10.1.